The maximum Gasteiger partial charge on any atom is 0.191 e. The number of aromatic nitrogens is 1. The first kappa shape index (κ1) is 17.9. The van der Waals surface area contributed by atoms with E-state index in [2.05, 4.69) is 20.6 Å². The molecule has 1 aromatic heterocycles. The summed E-state index contributed by atoms with van der Waals surface area (Å²) in [6.07, 6.45) is 6.15. The molecule has 1 unspecified atom stereocenters. The Morgan fingerprint density at radius 1 is 1.52 bits per heavy atom. The normalized spacial score (nSPS) is 22.1. The summed E-state index contributed by atoms with van der Waals surface area (Å²) in [7, 11) is 3.54. The second kappa shape index (κ2) is 7.99. The smallest absolute Gasteiger partial charge is 0.191 e. The van der Waals surface area contributed by atoms with E-state index >= 15 is 0 Å². The van der Waals surface area contributed by atoms with Crippen LogP contribution in [0.15, 0.2) is 23.3 Å². The predicted octanol–water partition coefficient (Wildman–Crippen LogP) is 1.78. The number of guanidine groups is 1. The summed E-state index contributed by atoms with van der Waals surface area (Å²) in [5.74, 6) is 0.989. The third-order valence-electron chi connectivity index (χ3n) is 5.22. The third kappa shape index (κ3) is 4.60. The average molecular weight is 349 g/mol. The molecule has 3 rings (SSSR count). The number of anilines is 1. The first-order valence-electron chi connectivity index (χ1n) is 8.97. The van der Waals surface area contributed by atoms with E-state index < -0.39 is 0 Å². The van der Waals surface area contributed by atoms with Gasteiger partial charge in [-0.15, -0.1) is 0 Å². The Hall–Kier alpha value is -1.89. The van der Waals surface area contributed by atoms with Crippen molar-refractivity contribution in [2.45, 2.75) is 31.7 Å². The van der Waals surface area contributed by atoms with E-state index in [0.29, 0.717) is 11.2 Å². The predicted molar refractivity (Wildman–Crippen MR) is 97.5 cm³/mol. The number of hydrogen-bond donors (Lipinski definition) is 2. The number of halogens is 1. The minimum atomic E-state index is -0.264. The van der Waals surface area contributed by atoms with E-state index in [9.17, 15) is 4.39 Å². The number of aliphatic imine (C=N–C) groups is 1. The first-order valence-corrected chi connectivity index (χ1v) is 8.97. The lowest BCUT2D eigenvalue weighted by Crippen LogP contribution is -2.46. The van der Waals surface area contributed by atoms with Crippen molar-refractivity contribution in [1.82, 2.24) is 15.6 Å². The Bertz CT molecular complexity index is 605. The van der Waals surface area contributed by atoms with Gasteiger partial charge in [-0.2, -0.15) is 0 Å². The SMILES string of the molecule is CN=C(NCC1(CCOC)CC1)NC1CCN(c2ncccc2F)C1. The van der Waals surface area contributed by atoms with Crippen LogP contribution in [0, 0.1) is 11.2 Å². The average Bonchev–Trinajstić information content (AvgIpc) is 3.25. The Morgan fingerprint density at radius 3 is 3.04 bits per heavy atom. The van der Waals surface area contributed by atoms with Gasteiger partial charge in [-0.1, -0.05) is 0 Å². The van der Waals surface area contributed by atoms with Gasteiger partial charge in [0, 0.05) is 52.6 Å². The van der Waals surface area contributed by atoms with Crippen LogP contribution in [0.1, 0.15) is 25.7 Å². The molecule has 1 aromatic rings. The molecule has 1 saturated heterocycles. The van der Waals surface area contributed by atoms with Crippen molar-refractivity contribution < 1.29 is 9.13 Å². The fraction of sp³-hybridized carbons (Fsp3) is 0.667. The summed E-state index contributed by atoms with van der Waals surface area (Å²) in [4.78, 5) is 10.5. The highest BCUT2D eigenvalue weighted by molar-refractivity contribution is 5.80. The molecule has 2 fully saturated rings. The van der Waals surface area contributed by atoms with Crippen molar-refractivity contribution >= 4 is 11.8 Å². The van der Waals surface area contributed by atoms with Crippen LogP contribution in [0.3, 0.4) is 0 Å². The number of hydrogen-bond acceptors (Lipinski definition) is 4. The zero-order valence-corrected chi connectivity index (χ0v) is 15.1. The second-order valence-electron chi connectivity index (χ2n) is 7.05. The quantitative estimate of drug-likeness (QED) is 0.580. The number of ether oxygens (including phenoxy) is 1. The fourth-order valence-corrected chi connectivity index (χ4v) is 3.35. The van der Waals surface area contributed by atoms with Gasteiger partial charge in [0.1, 0.15) is 0 Å². The minimum Gasteiger partial charge on any atom is -0.385 e. The van der Waals surface area contributed by atoms with Gasteiger partial charge in [0.25, 0.3) is 0 Å². The van der Waals surface area contributed by atoms with Crippen LogP contribution >= 0.6 is 0 Å². The van der Waals surface area contributed by atoms with Crippen LogP contribution in [0.2, 0.25) is 0 Å². The molecule has 0 aromatic carbocycles. The molecule has 1 aliphatic heterocycles. The van der Waals surface area contributed by atoms with Crippen molar-refractivity contribution in [3.05, 3.63) is 24.1 Å². The van der Waals surface area contributed by atoms with Gasteiger partial charge >= 0.3 is 0 Å². The number of pyridine rings is 1. The van der Waals surface area contributed by atoms with Crippen LogP contribution in [0.4, 0.5) is 10.2 Å². The lowest BCUT2D eigenvalue weighted by Gasteiger charge is -2.22. The zero-order valence-electron chi connectivity index (χ0n) is 15.1. The van der Waals surface area contributed by atoms with Gasteiger partial charge in [-0.3, -0.25) is 4.99 Å². The van der Waals surface area contributed by atoms with E-state index in [-0.39, 0.29) is 11.9 Å². The molecule has 25 heavy (non-hydrogen) atoms. The lowest BCUT2D eigenvalue weighted by atomic mass is 10.0. The molecular weight excluding hydrogens is 321 g/mol. The molecule has 1 saturated carbocycles. The van der Waals surface area contributed by atoms with E-state index in [0.717, 1.165) is 45.0 Å². The molecule has 0 bridgehead atoms. The minimum absolute atomic E-state index is 0.238. The summed E-state index contributed by atoms with van der Waals surface area (Å²) >= 11 is 0. The van der Waals surface area contributed by atoms with Crippen molar-refractivity contribution in [2.75, 3.05) is 45.3 Å². The molecule has 1 aliphatic carbocycles. The summed E-state index contributed by atoms with van der Waals surface area (Å²) in [5.41, 5.74) is 0.367. The van der Waals surface area contributed by atoms with Crippen LogP contribution in [-0.2, 0) is 4.74 Å². The number of methoxy groups -OCH3 is 1. The Balaban J connectivity index is 1.48. The Kier molecular flexibility index (Phi) is 5.73. The van der Waals surface area contributed by atoms with Gasteiger partial charge in [-0.25, -0.2) is 9.37 Å². The van der Waals surface area contributed by atoms with E-state index in [1.807, 2.05) is 4.90 Å². The lowest BCUT2D eigenvalue weighted by molar-refractivity contribution is 0.172. The molecule has 2 N–H and O–H groups in total. The number of nitrogens with zero attached hydrogens (tertiary/aromatic N) is 3. The summed E-state index contributed by atoms with van der Waals surface area (Å²) in [5, 5.41) is 6.91. The molecule has 2 heterocycles. The standard InChI is InChI=1S/C18H28FN5O/c1-20-17(22-13-18(6-7-18)8-11-25-2)23-14-5-10-24(12-14)16-15(19)4-3-9-21-16/h3-4,9,14H,5-8,10-13H2,1-2H3,(H2,20,22,23). The monoisotopic (exact) mass is 349 g/mol. The van der Waals surface area contributed by atoms with Gasteiger partial charge in [-0.05, 0) is 43.2 Å². The Labute approximate surface area is 148 Å². The third-order valence-corrected chi connectivity index (χ3v) is 5.22. The topological polar surface area (TPSA) is 61.8 Å². The molecule has 0 spiro atoms. The maximum absolute atomic E-state index is 13.9. The molecule has 0 amide bonds. The summed E-state index contributed by atoms with van der Waals surface area (Å²) in [6.45, 7) is 3.24. The summed E-state index contributed by atoms with van der Waals surface area (Å²) in [6, 6.07) is 3.31. The van der Waals surface area contributed by atoms with Crippen LogP contribution in [0.25, 0.3) is 0 Å². The van der Waals surface area contributed by atoms with Gasteiger partial charge in [0.15, 0.2) is 17.6 Å². The maximum atomic E-state index is 13.9. The molecular formula is C18H28FN5O. The highest BCUT2D eigenvalue weighted by atomic mass is 19.1. The molecule has 7 heteroatoms. The van der Waals surface area contributed by atoms with Crippen LogP contribution < -0.4 is 15.5 Å². The molecule has 6 nitrogen and oxygen atoms in total. The second-order valence-corrected chi connectivity index (χ2v) is 7.05. The van der Waals surface area contributed by atoms with E-state index in [1.54, 1.807) is 26.4 Å². The van der Waals surface area contributed by atoms with E-state index in [1.165, 1.54) is 18.9 Å². The Morgan fingerprint density at radius 2 is 2.36 bits per heavy atom. The van der Waals surface area contributed by atoms with Crippen LogP contribution in [-0.4, -0.2) is 57.4 Å². The first-order chi connectivity index (χ1) is 12.2. The van der Waals surface area contributed by atoms with Gasteiger partial charge in [0.2, 0.25) is 0 Å². The summed E-state index contributed by atoms with van der Waals surface area (Å²) < 4.78 is 19.1. The molecule has 1 atom stereocenters. The highest BCUT2D eigenvalue weighted by Gasteiger charge is 2.42. The molecule has 0 radical (unpaired) electrons. The van der Waals surface area contributed by atoms with Gasteiger partial charge in [0.05, 0.1) is 0 Å². The largest absolute Gasteiger partial charge is 0.385 e. The highest BCUT2D eigenvalue weighted by Crippen LogP contribution is 2.48. The van der Waals surface area contributed by atoms with Crippen LogP contribution in [0.5, 0.6) is 0 Å². The number of nitrogens with one attached hydrogen (secondary N) is 2. The van der Waals surface area contributed by atoms with Gasteiger partial charge < -0.3 is 20.3 Å². The van der Waals surface area contributed by atoms with Crippen molar-refractivity contribution in [3.8, 4) is 0 Å². The fourth-order valence-electron chi connectivity index (χ4n) is 3.35. The van der Waals surface area contributed by atoms with Crippen molar-refractivity contribution in [3.63, 3.8) is 0 Å². The molecule has 2 aliphatic rings. The van der Waals surface area contributed by atoms with Crippen molar-refractivity contribution in [2.24, 2.45) is 10.4 Å². The zero-order chi connectivity index (χ0) is 17.7. The molecule has 138 valence electrons. The van der Waals surface area contributed by atoms with E-state index in [4.69, 9.17) is 4.74 Å². The number of rotatable bonds is 7. The van der Waals surface area contributed by atoms with Crippen molar-refractivity contribution in [1.29, 1.82) is 0 Å².